The summed E-state index contributed by atoms with van der Waals surface area (Å²) >= 11 is 1.42. The normalized spacial score (nSPS) is 14.4. The summed E-state index contributed by atoms with van der Waals surface area (Å²) in [6.45, 7) is 2.87. The molecule has 6 nitrogen and oxygen atoms in total. The number of thiazole rings is 1. The fraction of sp³-hybridized carbons (Fsp3) is 0.667. The fourth-order valence-corrected chi connectivity index (χ4v) is 2.55. The Morgan fingerprint density at radius 3 is 2.89 bits per heavy atom. The molecule has 1 aromatic rings. The minimum absolute atomic E-state index is 0.188. The number of hydrogen-bond donors (Lipinski definition) is 3. The number of aliphatic hydroxyl groups is 1. The highest BCUT2D eigenvalue weighted by Gasteiger charge is 2.22. The Bertz CT molecular complexity index is 418. The molecule has 0 bridgehead atoms. The van der Waals surface area contributed by atoms with Crippen LogP contribution in [0.2, 0.25) is 0 Å². The molecule has 0 aliphatic rings. The van der Waals surface area contributed by atoms with Crippen LogP contribution in [0.3, 0.4) is 0 Å². The summed E-state index contributed by atoms with van der Waals surface area (Å²) in [4.78, 5) is 17.9. The zero-order valence-electron chi connectivity index (χ0n) is 11.6. The molecule has 0 saturated carbocycles. The quantitative estimate of drug-likeness (QED) is 0.639. The first kappa shape index (κ1) is 16.0. The first-order chi connectivity index (χ1) is 8.84. The first-order valence-electron chi connectivity index (χ1n) is 6.14. The molecule has 7 heteroatoms. The molecule has 1 amide bonds. The average Bonchev–Trinajstić information content (AvgIpc) is 2.73. The minimum atomic E-state index is -0.963. The monoisotopic (exact) mass is 286 g/mol. The molecular formula is C12H22N4O2S. The molecule has 0 aliphatic heterocycles. The molecule has 0 saturated heterocycles. The summed E-state index contributed by atoms with van der Waals surface area (Å²) in [6, 6.07) is 0. The maximum Gasteiger partial charge on any atom is 0.270 e. The van der Waals surface area contributed by atoms with Crippen molar-refractivity contribution >= 4 is 17.2 Å². The van der Waals surface area contributed by atoms with E-state index in [1.54, 1.807) is 12.3 Å². The number of nitrogens with one attached hydrogen (secondary N) is 1. The highest BCUT2D eigenvalue weighted by atomic mass is 32.1. The Balaban J connectivity index is 2.50. The van der Waals surface area contributed by atoms with E-state index >= 15 is 0 Å². The van der Waals surface area contributed by atoms with Gasteiger partial charge in [-0.15, -0.1) is 11.3 Å². The topological polar surface area (TPSA) is 91.5 Å². The van der Waals surface area contributed by atoms with Crippen LogP contribution in [0, 0.1) is 0 Å². The molecule has 0 radical (unpaired) electrons. The zero-order chi connectivity index (χ0) is 14.5. The third-order valence-electron chi connectivity index (χ3n) is 2.43. The Morgan fingerprint density at radius 2 is 2.32 bits per heavy atom. The van der Waals surface area contributed by atoms with Crippen LogP contribution in [0.4, 0.5) is 0 Å². The van der Waals surface area contributed by atoms with E-state index in [4.69, 9.17) is 5.73 Å². The van der Waals surface area contributed by atoms with Gasteiger partial charge in [0.1, 0.15) is 5.69 Å². The van der Waals surface area contributed by atoms with Gasteiger partial charge < -0.3 is 21.1 Å². The number of likely N-dealkylation sites (N-methyl/N-ethyl adjacent to an activating group) is 1. The van der Waals surface area contributed by atoms with Crippen molar-refractivity contribution in [1.82, 2.24) is 15.2 Å². The van der Waals surface area contributed by atoms with Crippen molar-refractivity contribution in [2.24, 2.45) is 5.73 Å². The SMILES string of the molecule is CN(C)CC(C)(O)CNC(=O)c1csc(CCN)n1. The van der Waals surface area contributed by atoms with Gasteiger partial charge in [-0.1, -0.05) is 0 Å². The van der Waals surface area contributed by atoms with E-state index in [0.717, 1.165) is 5.01 Å². The largest absolute Gasteiger partial charge is 0.387 e. The number of rotatable bonds is 7. The van der Waals surface area contributed by atoms with Crippen LogP contribution < -0.4 is 11.1 Å². The van der Waals surface area contributed by atoms with Gasteiger partial charge in [0, 0.05) is 24.9 Å². The van der Waals surface area contributed by atoms with Crippen molar-refractivity contribution in [1.29, 1.82) is 0 Å². The summed E-state index contributed by atoms with van der Waals surface area (Å²) in [6.07, 6.45) is 0.677. The molecule has 0 aliphatic carbocycles. The number of amides is 1. The third kappa shape index (κ3) is 5.65. The van der Waals surface area contributed by atoms with E-state index in [0.29, 0.717) is 25.2 Å². The third-order valence-corrected chi connectivity index (χ3v) is 3.34. The van der Waals surface area contributed by atoms with Gasteiger partial charge in [0.15, 0.2) is 0 Å². The van der Waals surface area contributed by atoms with Gasteiger partial charge in [-0.2, -0.15) is 0 Å². The van der Waals surface area contributed by atoms with Crippen LogP contribution in [-0.4, -0.2) is 60.2 Å². The standard InChI is InChI=1S/C12H22N4O2S/c1-12(18,8-16(2)3)7-14-11(17)9-6-19-10(15-9)4-5-13/h6,18H,4-5,7-8,13H2,1-3H3,(H,14,17). The van der Waals surface area contributed by atoms with Gasteiger partial charge in [-0.3, -0.25) is 4.79 Å². The number of carbonyl (C=O) groups is 1. The lowest BCUT2D eigenvalue weighted by molar-refractivity contribution is 0.0325. The van der Waals surface area contributed by atoms with E-state index in [9.17, 15) is 9.90 Å². The van der Waals surface area contributed by atoms with Crippen molar-refractivity contribution in [3.63, 3.8) is 0 Å². The first-order valence-corrected chi connectivity index (χ1v) is 7.02. The maximum absolute atomic E-state index is 11.9. The Labute approximate surface area is 117 Å². The van der Waals surface area contributed by atoms with Crippen LogP contribution in [0.5, 0.6) is 0 Å². The van der Waals surface area contributed by atoms with Crippen molar-refractivity contribution in [3.8, 4) is 0 Å². The van der Waals surface area contributed by atoms with Crippen LogP contribution in [0.1, 0.15) is 22.4 Å². The number of nitrogens with two attached hydrogens (primary N) is 1. The van der Waals surface area contributed by atoms with Gasteiger partial charge in [0.05, 0.1) is 10.6 Å². The highest BCUT2D eigenvalue weighted by molar-refractivity contribution is 7.09. The number of aromatic nitrogens is 1. The number of carbonyl (C=O) groups excluding carboxylic acids is 1. The van der Waals surface area contributed by atoms with E-state index in [1.807, 2.05) is 19.0 Å². The molecule has 4 N–H and O–H groups in total. The van der Waals surface area contributed by atoms with Gasteiger partial charge in [0.2, 0.25) is 0 Å². The molecule has 0 aromatic carbocycles. The van der Waals surface area contributed by atoms with Gasteiger partial charge in [-0.25, -0.2) is 4.98 Å². The molecule has 1 atom stereocenters. The fourth-order valence-electron chi connectivity index (χ4n) is 1.75. The second-order valence-electron chi connectivity index (χ2n) is 5.08. The average molecular weight is 286 g/mol. The van der Waals surface area contributed by atoms with Gasteiger partial charge in [-0.05, 0) is 27.6 Å². The Hall–Kier alpha value is -1.02. The smallest absolute Gasteiger partial charge is 0.270 e. The van der Waals surface area contributed by atoms with Crippen molar-refractivity contribution in [2.75, 3.05) is 33.7 Å². The predicted molar refractivity (Wildman–Crippen MR) is 76.4 cm³/mol. The molecule has 0 spiro atoms. The van der Waals surface area contributed by atoms with E-state index in [1.165, 1.54) is 11.3 Å². The number of nitrogens with zero attached hydrogens (tertiary/aromatic N) is 2. The Morgan fingerprint density at radius 1 is 1.63 bits per heavy atom. The lowest BCUT2D eigenvalue weighted by Gasteiger charge is -2.26. The molecule has 1 unspecified atom stereocenters. The second-order valence-corrected chi connectivity index (χ2v) is 6.03. The van der Waals surface area contributed by atoms with Crippen LogP contribution >= 0.6 is 11.3 Å². The summed E-state index contributed by atoms with van der Waals surface area (Å²) in [5, 5.41) is 15.3. The van der Waals surface area contributed by atoms with Gasteiger partial charge >= 0.3 is 0 Å². The van der Waals surface area contributed by atoms with E-state index < -0.39 is 5.60 Å². The summed E-state index contributed by atoms with van der Waals surface area (Å²) in [5.41, 5.74) is 4.86. The molecule has 1 heterocycles. The summed E-state index contributed by atoms with van der Waals surface area (Å²) < 4.78 is 0. The van der Waals surface area contributed by atoms with Crippen LogP contribution in [-0.2, 0) is 6.42 Å². The second kappa shape index (κ2) is 6.95. The zero-order valence-corrected chi connectivity index (χ0v) is 12.5. The predicted octanol–water partition coefficient (Wildman–Crippen LogP) is -0.313. The molecular weight excluding hydrogens is 264 g/mol. The maximum atomic E-state index is 11.9. The summed E-state index contributed by atoms with van der Waals surface area (Å²) in [5.74, 6) is -0.265. The lowest BCUT2D eigenvalue weighted by atomic mass is 10.1. The summed E-state index contributed by atoms with van der Waals surface area (Å²) in [7, 11) is 3.74. The van der Waals surface area contributed by atoms with Gasteiger partial charge in [0.25, 0.3) is 5.91 Å². The highest BCUT2D eigenvalue weighted by Crippen LogP contribution is 2.10. The molecule has 19 heavy (non-hydrogen) atoms. The van der Waals surface area contributed by atoms with E-state index in [2.05, 4.69) is 10.3 Å². The molecule has 1 rings (SSSR count). The Kier molecular flexibility index (Phi) is 5.86. The molecule has 108 valence electrons. The van der Waals surface area contributed by atoms with Crippen LogP contribution in [0.15, 0.2) is 5.38 Å². The van der Waals surface area contributed by atoms with Crippen molar-refractivity contribution < 1.29 is 9.90 Å². The molecule has 0 fully saturated rings. The van der Waals surface area contributed by atoms with E-state index in [-0.39, 0.29) is 12.5 Å². The van der Waals surface area contributed by atoms with Crippen LogP contribution in [0.25, 0.3) is 0 Å². The minimum Gasteiger partial charge on any atom is -0.387 e. The van der Waals surface area contributed by atoms with Crippen molar-refractivity contribution in [2.45, 2.75) is 18.9 Å². The lowest BCUT2D eigenvalue weighted by Crippen LogP contribution is -2.47. The number of hydrogen-bond acceptors (Lipinski definition) is 6. The van der Waals surface area contributed by atoms with Crippen molar-refractivity contribution in [3.05, 3.63) is 16.1 Å². The molecule has 1 aromatic heterocycles.